The number of nitrogens with one attached hydrogen (secondary N) is 1. The van der Waals surface area contributed by atoms with Crippen molar-refractivity contribution in [2.24, 2.45) is 5.92 Å². The zero-order chi connectivity index (χ0) is 15.2. The van der Waals surface area contributed by atoms with Gasteiger partial charge in [0.15, 0.2) is 0 Å². The van der Waals surface area contributed by atoms with E-state index in [4.69, 9.17) is 0 Å². The predicted molar refractivity (Wildman–Crippen MR) is 85.0 cm³/mol. The van der Waals surface area contributed by atoms with Gasteiger partial charge in [-0.15, -0.1) is 0 Å². The number of pyridine rings is 1. The predicted octanol–water partition coefficient (Wildman–Crippen LogP) is 4.29. The molecule has 1 fully saturated rings. The summed E-state index contributed by atoms with van der Waals surface area (Å²) in [5.74, 6) is 0.915. The second-order valence-corrected chi connectivity index (χ2v) is 6.35. The Hall–Kier alpha value is -1.58. The number of carbonyl (C=O) groups is 1. The zero-order valence-electron chi connectivity index (χ0n) is 13.1. The fraction of sp³-hybridized carbons (Fsp3) is 0.647. The number of carboxylic acid groups (broad SMARTS) is 1. The Morgan fingerprint density at radius 2 is 2.10 bits per heavy atom. The number of aromatic carboxylic acids is 1. The van der Waals surface area contributed by atoms with Gasteiger partial charge in [-0.25, -0.2) is 9.78 Å². The lowest BCUT2D eigenvalue weighted by molar-refractivity contribution is 0.0696. The van der Waals surface area contributed by atoms with Gasteiger partial charge in [0.25, 0.3) is 0 Å². The summed E-state index contributed by atoms with van der Waals surface area (Å²) < 4.78 is 0. The van der Waals surface area contributed by atoms with Crippen molar-refractivity contribution in [1.82, 2.24) is 4.98 Å². The van der Waals surface area contributed by atoms with Gasteiger partial charge < -0.3 is 10.4 Å². The van der Waals surface area contributed by atoms with Crippen LogP contribution in [-0.4, -0.2) is 22.6 Å². The summed E-state index contributed by atoms with van der Waals surface area (Å²) >= 11 is 0. The van der Waals surface area contributed by atoms with Gasteiger partial charge in [-0.3, -0.25) is 0 Å². The number of carboxylic acids is 1. The van der Waals surface area contributed by atoms with Crippen molar-refractivity contribution in [1.29, 1.82) is 0 Å². The van der Waals surface area contributed by atoms with Crippen molar-refractivity contribution in [2.45, 2.75) is 58.3 Å². The molecule has 0 bridgehead atoms. The molecule has 1 aromatic heterocycles. The molecule has 21 heavy (non-hydrogen) atoms. The summed E-state index contributed by atoms with van der Waals surface area (Å²) in [5.41, 5.74) is 1.14. The number of anilines is 1. The molecule has 0 spiro atoms. The molecule has 2 N–H and O–H groups in total. The minimum Gasteiger partial charge on any atom is -0.478 e. The molecule has 1 aromatic rings. The molecule has 1 saturated carbocycles. The first-order valence-electron chi connectivity index (χ1n) is 8.05. The van der Waals surface area contributed by atoms with Gasteiger partial charge in [0.1, 0.15) is 5.82 Å². The van der Waals surface area contributed by atoms with Gasteiger partial charge >= 0.3 is 5.97 Å². The lowest BCUT2D eigenvalue weighted by Gasteiger charge is -2.12. The second-order valence-electron chi connectivity index (χ2n) is 6.35. The van der Waals surface area contributed by atoms with Crippen LogP contribution in [0.1, 0.15) is 74.3 Å². The van der Waals surface area contributed by atoms with Crippen LogP contribution in [0, 0.1) is 5.92 Å². The summed E-state index contributed by atoms with van der Waals surface area (Å²) in [6, 6.07) is 3.29. The Morgan fingerprint density at radius 1 is 1.38 bits per heavy atom. The standard InChI is InChI=1S/C17H26N2O2/c1-12(2)15-10-14(17(20)21)11-16(19-15)18-9-5-8-13-6-3-4-7-13/h10-13H,3-9H2,1-2H3,(H,18,19)(H,20,21). The van der Waals surface area contributed by atoms with Gasteiger partial charge in [0, 0.05) is 12.2 Å². The summed E-state index contributed by atoms with van der Waals surface area (Å²) in [6.45, 7) is 4.92. The minimum absolute atomic E-state index is 0.225. The summed E-state index contributed by atoms with van der Waals surface area (Å²) in [4.78, 5) is 15.7. The number of hydrogen-bond acceptors (Lipinski definition) is 3. The van der Waals surface area contributed by atoms with Crippen LogP contribution in [0.3, 0.4) is 0 Å². The van der Waals surface area contributed by atoms with Crippen molar-refractivity contribution < 1.29 is 9.90 Å². The molecule has 0 aromatic carbocycles. The van der Waals surface area contributed by atoms with Crippen LogP contribution >= 0.6 is 0 Å². The molecule has 4 nitrogen and oxygen atoms in total. The smallest absolute Gasteiger partial charge is 0.335 e. The lowest BCUT2D eigenvalue weighted by Crippen LogP contribution is -2.09. The van der Waals surface area contributed by atoms with Crippen molar-refractivity contribution >= 4 is 11.8 Å². The van der Waals surface area contributed by atoms with Gasteiger partial charge in [0.2, 0.25) is 0 Å². The monoisotopic (exact) mass is 290 g/mol. The van der Waals surface area contributed by atoms with Crippen LogP contribution in [0.5, 0.6) is 0 Å². The second kappa shape index (κ2) is 7.43. The maximum absolute atomic E-state index is 11.2. The number of nitrogens with zero attached hydrogens (tertiary/aromatic N) is 1. The van der Waals surface area contributed by atoms with Gasteiger partial charge in [-0.1, -0.05) is 39.5 Å². The van der Waals surface area contributed by atoms with E-state index in [1.807, 2.05) is 13.8 Å². The highest BCUT2D eigenvalue weighted by Crippen LogP contribution is 2.28. The Kier molecular flexibility index (Phi) is 5.59. The molecule has 0 amide bonds. The van der Waals surface area contributed by atoms with E-state index in [1.54, 1.807) is 12.1 Å². The van der Waals surface area contributed by atoms with Gasteiger partial charge in [0.05, 0.1) is 5.56 Å². The third-order valence-corrected chi connectivity index (χ3v) is 4.25. The van der Waals surface area contributed by atoms with Crippen molar-refractivity contribution in [2.75, 3.05) is 11.9 Å². The maximum atomic E-state index is 11.2. The third kappa shape index (κ3) is 4.73. The Labute approximate surface area is 127 Å². The van der Waals surface area contributed by atoms with E-state index >= 15 is 0 Å². The topological polar surface area (TPSA) is 62.2 Å². The van der Waals surface area contributed by atoms with Crippen molar-refractivity contribution in [3.8, 4) is 0 Å². The molecule has 1 aliphatic carbocycles. The lowest BCUT2D eigenvalue weighted by atomic mass is 10.0. The summed E-state index contributed by atoms with van der Waals surface area (Å²) in [5, 5.41) is 12.5. The van der Waals surface area contributed by atoms with E-state index in [0.29, 0.717) is 11.4 Å². The van der Waals surface area contributed by atoms with E-state index in [1.165, 1.54) is 32.1 Å². The first-order chi connectivity index (χ1) is 10.1. The maximum Gasteiger partial charge on any atom is 0.335 e. The van der Waals surface area contributed by atoms with Crippen molar-refractivity contribution in [3.05, 3.63) is 23.4 Å². The van der Waals surface area contributed by atoms with E-state index in [9.17, 15) is 9.90 Å². The van der Waals surface area contributed by atoms with E-state index in [0.717, 1.165) is 24.6 Å². The average Bonchev–Trinajstić information content (AvgIpc) is 2.96. The van der Waals surface area contributed by atoms with Crippen LogP contribution in [-0.2, 0) is 0 Å². The highest BCUT2D eigenvalue weighted by Gasteiger charge is 2.14. The highest BCUT2D eigenvalue weighted by molar-refractivity contribution is 5.88. The normalized spacial score (nSPS) is 15.6. The quantitative estimate of drug-likeness (QED) is 0.735. The zero-order valence-corrected chi connectivity index (χ0v) is 13.1. The third-order valence-electron chi connectivity index (χ3n) is 4.25. The fourth-order valence-electron chi connectivity index (χ4n) is 2.97. The SMILES string of the molecule is CC(C)c1cc(C(=O)O)cc(NCCCC2CCCC2)n1. The minimum atomic E-state index is -0.895. The number of hydrogen-bond donors (Lipinski definition) is 2. The van der Waals surface area contributed by atoms with Crippen LogP contribution in [0.25, 0.3) is 0 Å². The molecule has 0 radical (unpaired) electrons. The molecule has 4 heteroatoms. The molecule has 0 aliphatic heterocycles. The number of rotatable bonds is 7. The van der Waals surface area contributed by atoms with Gasteiger partial charge in [-0.2, -0.15) is 0 Å². The van der Waals surface area contributed by atoms with Crippen LogP contribution in [0.15, 0.2) is 12.1 Å². The highest BCUT2D eigenvalue weighted by atomic mass is 16.4. The van der Waals surface area contributed by atoms with Crippen LogP contribution < -0.4 is 5.32 Å². The van der Waals surface area contributed by atoms with E-state index in [2.05, 4.69) is 10.3 Å². The Balaban J connectivity index is 1.90. The van der Waals surface area contributed by atoms with E-state index < -0.39 is 5.97 Å². The molecule has 2 rings (SSSR count). The van der Waals surface area contributed by atoms with Crippen LogP contribution in [0.2, 0.25) is 0 Å². The summed E-state index contributed by atoms with van der Waals surface area (Å²) in [6.07, 6.45) is 7.92. The Bertz CT molecular complexity index is 480. The van der Waals surface area contributed by atoms with E-state index in [-0.39, 0.29) is 5.92 Å². The number of aromatic nitrogens is 1. The largest absolute Gasteiger partial charge is 0.478 e. The molecule has 116 valence electrons. The molecule has 1 aliphatic rings. The fourth-order valence-corrected chi connectivity index (χ4v) is 2.97. The molecule has 1 heterocycles. The first-order valence-corrected chi connectivity index (χ1v) is 8.05. The van der Waals surface area contributed by atoms with Gasteiger partial charge in [-0.05, 0) is 36.8 Å². The average molecular weight is 290 g/mol. The van der Waals surface area contributed by atoms with Crippen LogP contribution in [0.4, 0.5) is 5.82 Å². The first kappa shape index (κ1) is 15.8. The summed E-state index contributed by atoms with van der Waals surface area (Å²) in [7, 11) is 0. The Morgan fingerprint density at radius 3 is 2.71 bits per heavy atom. The molecular formula is C17H26N2O2. The molecule has 0 atom stereocenters. The molecule has 0 saturated heterocycles. The van der Waals surface area contributed by atoms with Crippen molar-refractivity contribution in [3.63, 3.8) is 0 Å². The molecule has 0 unspecified atom stereocenters. The molecular weight excluding hydrogens is 264 g/mol.